The van der Waals surface area contributed by atoms with Crippen molar-refractivity contribution in [2.75, 3.05) is 0 Å². The molecule has 0 radical (unpaired) electrons. The summed E-state index contributed by atoms with van der Waals surface area (Å²) in [4.78, 5) is 4.39. The van der Waals surface area contributed by atoms with E-state index in [9.17, 15) is 0 Å². The first-order valence-electron chi connectivity index (χ1n) is 5.27. The molecule has 0 saturated heterocycles. The summed E-state index contributed by atoms with van der Waals surface area (Å²) in [5, 5.41) is 4.43. The molecule has 0 fully saturated rings. The highest BCUT2D eigenvalue weighted by molar-refractivity contribution is 5.31. The number of aromatic nitrogens is 3. The van der Waals surface area contributed by atoms with Crippen LogP contribution in [0, 0.1) is 6.92 Å². The Kier molecular flexibility index (Phi) is 2.52. The van der Waals surface area contributed by atoms with E-state index < -0.39 is 5.54 Å². The summed E-state index contributed by atoms with van der Waals surface area (Å²) in [6.45, 7) is 5.73. The highest BCUT2D eigenvalue weighted by Gasteiger charge is 2.21. The molecule has 0 bridgehead atoms. The van der Waals surface area contributed by atoms with Crippen molar-refractivity contribution in [2.45, 2.75) is 26.3 Å². The SMILES string of the molecule is Cc1nc(C(C)(C)N)nn1-c1ccccc1. The molecule has 0 aliphatic heterocycles. The van der Waals surface area contributed by atoms with Crippen LogP contribution in [0.15, 0.2) is 30.3 Å². The number of rotatable bonds is 2. The second-order valence-corrected chi connectivity index (χ2v) is 4.45. The van der Waals surface area contributed by atoms with Gasteiger partial charge in [-0.2, -0.15) is 0 Å². The molecule has 0 unspecified atom stereocenters. The average molecular weight is 216 g/mol. The third kappa shape index (κ3) is 1.97. The maximum Gasteiger partial charge on any atom is 0.170 e. The molecule has 1 aromatic carbocycles. The first-order valence-corrected chi connectivity index (χ1v) is 5.27. The summed E-state index contributed by atoms with van der Waals surface area (Å²) in [7, 11) is 0. The fourth-order valence-electron chi connectivity index (χ4n) is 1.48. The number of para-hydroxylation sites is 1. The Balaban J connectivity index is 2.48. The molecule has 1 heterocycles. The molecular weight excluding hydrogens is 200 g/mol. The van der Waals surface area contributed by atoms with E-state index in [1.54, 1.807) is 0 Å². The van der Waals surface area contributed by atoms with Gasteiger partial charge in [0.25, 0.3) is 0 Å². The number of hydrogen-bond donors (Lipinski definition) is 1. The Bertz CT molecular complexity index is 479. The monoisotopic (exact) mass is 216 g/mol. The van der Waals surface area contributed by atoms with Gasteiger partial charge in [0.2, 0.25) is 0 Å². The van der Waals surface area contributed by atoms with Gasteiger partial charge in [-0.25, -0.2) is 9.67 Å². The molecule has 0 atom stereocenters. The van der Waals surface area contributed by atoms with Crippen molar-refractivity contribution in [3.8, 4) is 5.69 Å². The number of nitrogens with zero attached hydrogens (tertiary/aromatic N) is 3. The molecule has 0 spiro atoms. The molecule has 0 aliphatic carbocycles. The quantitative estimate of drug-likeness (QED) is 0.832. The smallest absolute Gasteiger partial charge is 0.170 e. The van der Waals surface area contributed by atoms with E-state index in [0.717, 1.165) is 11.5 Å². The van der Waals surface area contributed by atoms with Gasteiger partial charge in [0.15, 0.2) is 5.82 Å². The van der Waals surface area contributed by atoms with Gasteiger partial charge in [-0.05, 0) is 32.9 Å². The van der Waals surface area contributed by atoms with Crippen LogP contribution in [-0.4, -0.2) is 14.8 Å². The van der Waals surface area contributed by atoms with Crippen molar-refractivity contribution < 1.29 is 0 Å². The second kappa shape index (κ2) is 3.72. The minimum Gasteiger partial charge on any atom is -0.319 e. The molecule has 0 amide bonds. The van der Waals surface area contributed by atoms with Crippen LogP contribution in [-0.2, 0) is 5.54 Å². The lowest BCUT2D eigenvalue weighted by atomic mass is 10.1. The lowest BCUT2D eigenvalue weighted by Gasteiger charge is -2.12. The lowest BCUT2D eigenvalue weighted by molar-refractivity contribution is 0.513. The van der Waals surface area contributed by atoms with Crippen molar-refractivity contribution in [3.63, 3.8) is 0 Å². The third-order valence-corrected chi connectivity index (χ3v) is 2.35. The van der Waals surface area contributed by atoms with Crippen molar-refractivity contribution in [2.24, 2.45) is 5.73 Å². The Morgan fingerprint density at radius 1 is 1.19 bits per heavy atom. The predicted molar refractivity (Wildman–Crippen MR) is 63.3 cm³/mol. The summed E-state index contributed by atoms with van der Waals surface area (Å²) in [5.74, 6) is 1.51. The Morgan fingerprint density at radius 3 is 2.31 bits per heavy atom. The van der Waals surface area contributed by atoms with Crippen LogP contribution < -0.4 is 5.73 Å². The summed E-state index contributed by atoms with van der Waals surface area (Å²) in [6.07, 6.45) is 0. The van der Waals surface area contributed by atoms with Gasteiger partial charge in [0, 0.05) is 0 Å². The highest BCUT2D eigenvalue weighted by Crippen LogP contribution is 2.15. The van der Waals surface area contributed by atoms with E-state index in [1.807, 2.05) is 55.8 Å². The van der Waals surface area contributed by atoms with Crippen LogP contribution in [0.5, 0.6) is 0 Å². The highest BCUT2D eigenvalue weighted by atomic mass is 15.4. The number of hydrogen-bond acceptors (Lipinski definition) is 3. The van der Waals surface area contributed by atoms with E-state index in [0.29, 0.717) is 5.82 Å². The van der Waals surface area contributed by atoms with Crippen molar-refractivity contribution >= 4 is 0 Å². The van der Waals surface area contributed by atoms with Gasteiger partial charge < -0.3 is 5.73 Å². The number of nitrogens with two attached hydrogens (primary N) is 1. The van der Waals surface area contributed by atoms with Crippen molar-refractivity contribution in [1.82, 2.24) is 14.8 Å². The zero-order valence-corrected chi connectivity index (χ0v) is 9.81. The molecule has 2 N–H and O–H groups in total. The summed E-state index contributed by atoms with van der Waals surface area (Å²) < 4.78 is 1.81. The molecule has 4 nitrogen and oxygen atoms in total. The van der Waals surface area contributed by atoms with Crippen LogP contribution in [0.25, 0.3) is 5.69 Å². The van der Waals surface area contributed by atoms with Gasteiger partial charge in [0.1, 0.15) is 5.82 Å². The summed E-state index contributed by atoms with van der Waals surface area (Å²) in [6, 6.07) is 9.92. The lowest BCUT2D eigenvalue weighted by Crippen LogP contribution is -2.30. The van der Waals surface area contributed by atoms with E-state index >= 15 is 0 Å². The van der Waals surface area contributed by atoms with Gasteiger partial charge in [-0.1, -0.05) is 18.2 Å². The van der Waals surface area contributed by atoms with E-state index in [4.69, 9.17) is 5.73 Å². The average Bonchev–Trinajstić information content (AvgIpc) is 2.61. The first-order chi connectivity index (χ1) is 7.48. The zero-order valence-electron chi connectivity index (χ0n) is 9.81. The van der Waals surface area contributed by atoms with Gasteiger partial charge in [-0.15, -0.1) is 5.10 Å². The fraction of sp³-hybridized carbons (Fsp3) is 0.333. The molecule has 0 saturated carbocycles. The maximum atomic E-state index is 5.98. The normalized spacial score (nSPS) is 11.8. The van der Waals surface area contributed by atoms with E-state index in [-0.39, 0.29) is 0 Å². The van der Waals surface area contributed by atoms with Crippen LogP contribution in [0.1, 0.15) is 25.5 Å². The van der Waals surface area contributed by atoms with Crippen LogP contribution >= 0.6 is 0 Å². The third-order valence-electron chi connectivity index (χ3n) is 2.35. The van der Waals surface area contributed by atoms with Crippen LogP contribution in [0.4, 0.5) is 0 Å². The van der Waals surface area contributed by atoms with Crippen LogP contribution in [0.2, 0.25) is 0 Å². The number of aryl methyl sites for hydroxylation is 1. The van der Waals surface area contributed by atoms with E-state index in [1.165, 1.54) is 0 Å². The summed E-state index contributed by atoms with van der Waals surface area (Å²) in [5.41, 5.74) is 6.47. The Labute approximate surface area is 95.1 Å². The molecule has 2 aromatic rings. The first kappa shape index (κ1) is 10.8. The largest absolute Gasteiger partial charge is 0.319 e. The van der Waals surface area contributed by atoms with Crippen molar-refractivity contribution in [1.29, 1.82) is 0 Å². The predicted octanol–water partition coefficient (Wildman–Crippen LogP) is 1.77. The van der Waals surface area contributed by atoms with Crippen molar-refractivity contribution in [3.05, 3.63) is 42.0 Å². The molecule has 4 heteroatoms. The number of benzene rings is 1. The van der Waals surface area contributed by atoms with Gasteiger partial charge >= 0.3 is 0 Å². The standard InChI is InChI=1S/C12H16N4/c1-9-14-11(12(2,3)13)15-16(9)10-7-5-4-6-8-10/h4-8H,13H2,1-3H3. The van der Waals surface area contributed by atoms with Gasteiger partial charge in [-0.3, -0.25) is 0 Å². The van der Waals surface area contributed by atoms with Crippen LogP contribution in [0.3, 0.4) is 0 Å². The van der Waals surface area contributed by atoms with Gasteiger partial charge in [0.05, 0.1) is 11.2 Å². The topological polar surface area (TPSA) is 56.7 Å². The Hall–Kier alpha value is -1.68. The minimum atomic E-state index is -0.509. The molecule has 84 valence electrons. The summed E-state index contributed by atoms with van der Waals surface area (Å²) >= 11 is 0. The molecule has 16 heavy (non-hydrogen) atoms. The fourth-order valence-corrected chi connectivity index (χ4v) is 1.48. The zero-order chi connectivity index (χ0) is 11.8. The van der Waals surface area contributed by atoms with E-state index in [2.05, 4.69) is 10.1 Å². The molecule has 2 rings (SSSR count). The maximum absolute atomic E-state index is 5.98. The minimum absolute atomic E-state index is 0.509. The Morgan fingerprint density at radius 2 is 1.81 bits per heavy atom. The second-order valence-electron chi connectivity index (χ2n) is 4.45. The molecule has 0 aliphatic rings. The molecular formula is C12H16N4. The molecule has 1 aromatic heterocycles.